The second kappa shape index (κ2) is 10.6. The van der Waals surface area contributed by atoms with Crippen LogP contribution in [0.5, 0.6) is 0 Å². The van der Waals surface area contributed by atoms with E-state index >= 15 is 0 Å². The van der Waals surface area contributed by atoms with E-state index in [2.05, 4.69) is 34.3 Å². The number of nitriles is 1. The first-order valence-electron chi connectivity index (χ1n) is 10.2. The number of amides is 1. The molecule has 6 nitrogen and oxygen atoms in total. The van der Waals surface area contributed by atoms with Crippen LogP contribution in [0.4, 0.5) is 15.0 Å². The molecule has 2 aromatic heterocycles. The fraction of sp³-hybridized carbons (Fsp3) is 0.200. The molecular weight excluding hydrogens is 475 g/mol. The number of hydrogen-bond donors (Lipinski definition) is 1. The lowest BCUT2D eigenvalue weighted by atomic mass is 10.1. The van der Waals surface area contributed by atoms with Gasteiger partial charge in [-0.25, -0.2) is 19.2 Å². The molecule has 34 heavy (non-hydrogen) atoms. The summed E-state index contributed by atoms with van der Waals surface area (Å²) in [5.41, 5.74) is 1.41. The molecule has 0 aliphatic rings. The smallest absolute Gasteiger partial charge is 0.413 e. The number of halogens is 2. The van der Waals surface area contributed by atoms with E-state index in [9.17, 15) is 9.18 Å². The summed E-state index contributed by atoms with van der Waals surface area (Å²) in [6, 6.07) is 16.2. The van der Waals surface area contributed by atoms with Crippen LogP contribution in [0, 0.1) is 24.1 Å². The van der Waals surface area contributed by atoms with Crippen molar-refractivity contribution in [3.8, 4) is 16.6 Å². The highest BCUT2D eigenvalue weighted by Gasteiger charge is 2.20. The van der Waals surface area contributed by atoms with Crippen molar-refractivity contribution in [1.29, 1.82) is 5.26 Å². The van der Waals surface area contributed by atoms with Crippen LogP contribution in [0.3, 0.4) is 0 Å². The summed E-state index contributed by atoms with van der Waals surface area (Å²) in [4.78, 5) is 20.6. The zero-order valence-electron chi connectivity index (χ0n) is 19.0. The molecule has 0 saturated carbocycles. The van der Waals surface area contributed by atoms with Crippen LogP contribution < -0.4 is 5.32 Å². The summed E-state index contributed by atoms with van der Waals surface area (Å²) in [6.07, 6.45) is 0.829. The zero-order chi connectivity index (χ0) is 24.9. The molecule has 0 atom stereocenters. The van der Waals surface area contributed by atoms with Crippen LogP contribution in [0.25, 0.3) is 20.8 Å². The van der Waals surface area contributed by atoms with Crippen molar-refractivity contribution in [2.45, 2.75) is 33.3 Å². The van der Waals surface area contributed by atoms with Crippen molar-refractivity contribution in [2.24, 2.45) is 0 Å². The van der Waals surface area contributed by atoms with E-state index in [1.165, 1.54) is 17.8 Å². The maximum atomic E-state index is 14.4. The summed E-state index contributed by atoms with van der Waals surface area (Å²) < 4.78 is 20.2. The number of aryl methyl sites for hydroxylation is 1. The van der Waals surface area contributed by atoms with Gasteiger partial charge in [0, 0.05) is 6.20 Å². The van der Waals surface area contributed by atoms with Crippen molar-refractivity contribution in [3.05, 3.63) is 76.7 Å². The zero-order valence-corrected chi connectivity index (χ0v) is 20.6. The Morgan fingerprint density at radius 2 is 1.91 bits per heavy atom. The van der Waals surface area contributed by atoms with Crippen LogP contribution >= 0.6 is 22.9 Å². The van der Waals surface area contributed by atoms with Crippen LogP contribution in [0.2, 0.25) is 5.02 Å². The monoisotopic (exact) mass is 496 g/mol. The second-order valence-electron chi connectivity index (χ2n) is 8.24. The summed E-state index contributed by atoms with van der Waals surface area (Å²) >= 11 is 7.27. The van der Waals surface area contributed by atoms with Gasteiger partial charge in [-0.05, 0) is 45.9 Å². The number of nitrogens with one attached hydrogen (secondary N) is 1. The maximum Gasteiger partial charge on any atom is 0.413 e. The number of thiazole rings is 1. The number of carbonyl (C=O) groups excluding carboxylic acids is 1. The topological polar surface area (TPSA) is 87.9 Å². The fourth-order valence-corrected chi connectivity index (χ4v) is 4.25. The Morgan fingerprint density at radius 3 is 2.47 bits per heavy atom. The molecule has 1 amide bonds. The van der Waals surface area contributed by atoms with Gasteiger partial charge in [0.25, 0.3) is 0 Å². The molecular formula is C25H22ClFN4O2S. The average molecular weight is 497 g/mol. The first-order valence-corrected chi connectivity index (χ1v) is 11.4. The van der Waals surface area contributed by atoms with Gasteiger partial charge in [0.1, 0.15) is 16.4 Å². The van der Waals surface area contributed by atoms with E-state index in [0.29, 0.717) is 15.2 Å². The quantitative estimate of drug-likeness (QED) is 0.313. The van der Waals surface area contributed by atoms with Crippen LogP contribution in [-0.4, -0.2) is 21.7 Å². The molecule has 0 saturated heterocycles. The van der Waals surface area contributed by atoms with E-state index in [4.69, 9.17) is 21.6 Å². The van der Waals surface area contributed by atoms with E-state index < -0.39 is 17.5 Å². The predicted octanol–water partition coefficient (Wildman–Crippen LogP) is 7.36. The minimum absolute atomic E-state index is 0.0835. The highest BCUT2D eigenvalue weighted by molar-refractivity contribution is 7.22. The van der Waals surface area contributed by atoms with E-state index in [-0.39, 0.29) is 22.0 Å². The number of hydrogen-bond acceptors (Lipinski definition) is 6. The van der Waals surface area contributed by atoms with Gasteiger partial charge in [0.2, 0.25) is 0 Å². The number of rotatable bonds is 2. The van der Waals surface area contributed by atoms with Gasteiger partial charge in [-0.15, -0.1) is 11.3 Å². The summed E-state index contributed by atoms with van der Waals surface area (Å²) in [5.74, 6) is -0.386. The molecule has 9 heteroatoms. The molecule has 2 aromatic carbocycles. The van der Waals surface area contributed by atoms with Gasteiger partial charge in [-0.3, -0.25) is 5.32 Å². The Kier molecular flexibility index (Phi) is 7.82. The van der Waals surface area contributed by atoms with Crippen LogP contribution in [0.15, 0.2) is 54.7 Å². The van der Waals surface area contributed by atoms with E-state index in [1.54, 1.807) is 26.8 Å². The number of anilines is 1. The summed E-state index contributed by atoms with van der Waals surface area (Å²) in [7, 11) is 0. The molecule has 174 valence electrons. The number of ether oxygens (including phenoxy) is 1. The van der Waals surface area contributed by atoms with Gasteiger partial charge in [-0.1, -0.05) is 47.5 Å². The first kappa shape index (κ1) is 25.1. The van der Waals surface area contributed by atoms with Crippen LogP contribution in [-0.2, 0) is 4.74 Å². The fourth-order valence-electron chi connectivity index (χ4n) is 2.83. The molecule has 2 heterocycles. The number of carbonyl (C=O) groups is 1. The highest BCUT2D eigenvalue weighted by atomic mass is 35.5. The normalized spacial score (nSPS) is 10.7. The molecule has 0 bridgehead atoms. The lowest BCUT2D eigenvalue weighted by Gasteiger charge is -2.19. The van der Waals surface area contributed by atoms with Gasteiger partial charge < -0.3 is 4.74 Å². The van der Waals surface area contributed by atoms with E-state index in [1.807, 2.05) is 24.3 Å². The predicted molar refractivity (Wildman–Crippen MR) is 134 cm³/mol. The highest BCUT2D eigenvalue weighted by Crippen LogP contribution is 2.38. The lowest BCUT2D eigenvalue weighted by molar-refractivity contribution is 0.0635. The van der Waals surface area contributed by atoms with E-state index in [0.717, 1.165) is 17.4 Å². The minimum atomic E-state index is -0.657. The van der Waals surface area contributed by atoms with Gasteiger partial charge in [-0.2, -0.15) is 5.26 Å². The lowest BCUT2D eigenvalue weighted by Crippen LogP contribution is -2.27. The standard InChI is InChI=1S/C18H14ClFN4O2S.C7H8/c1-18(2,3)26-17(25)24-15-14-12(4-5-22-15)23-16(27-14)13-10(19)6-9(8-21)7-11(13)20;1-7-5-3-2-4-6-7/h4-7H,1-3H3,(H,22,24,25);2-6H,1H3. The Bertz CT molecular complexity index is 1340. The molecule has 4 rings (SSSR count). The van der Waals surface area contributed by atoms with Crippen molar-refractivity contribution < 1.29 is 13.9 Å². The number of aromatic nitrogens is 2. The average Bonchev–Trinajstić information content (AvgIpc) is 3.17. The Hall–Kier alpha value is -3.54. The minimum Gasteiger partial charge on any atom is -0.444 e. The third-order valence-electron chi connectivity index (χ3n) is 4.25. The van der Waals surface area contributed by atoms with Gasteiger partial charge >= 0.3 is 6.09 Å². The molecule has 1 N–H and O–H groups in total. The molecule has 0 spiro atoms. The second-order valence-corrected chi connectivity index (χ2v) is 9.64. The molecule has 0 aliphatic heterocycles. The first-order chi connectivity index (χ1) is 16.1. The number of benzene rings is 2. The summed E-state index contributed by atoms with van der Waals surface area (Å²) in [5, 5.41) is 11.9. The third kappa shape index (κ3) is 6.50. The number of fused-ring (bicyclic) bond motifs is 1. The Morgan fingerprint density at radius 1 is 1.21 bits per heavy atom. The Balaban J connectivity index is 0.000000396. The van der Waals surface area contributed by atoms with Crippen molar-refractivity contribution in [3.63, 3.8) is 0 Å². The van der Waals surface area contributed by atoms with Crippen molar-refractivity contribution in [2.75, 3.05) is 5.32 Å². The number of pyridine rings is 1. The Labute approximate surface area is 206 Å². The van der Waals surface area contributed by atoms with Crippen molar-refractivity contribution in [1.82, 2.24) is 9.97 Å². The van der Waals surface area contributed by atoms with Gasteiger partial charge in [0.15, 0.2) is 5.82 Å². The number of nitrogens with zero attached hydrogens (tertiary/aromatic N) is 3. The molecule has 0 radical (unpaired) electrons. The molecule has 0 aliphatic carbocycles. The van der Waals surface area contributed by atoms with Gasteiger partial charge in [0.05, 0.1) is 32.4 Å². The van der Waals surface area contributed by atoms with Crippen molar-refractivity contribution >= 4 is 45.1 Å². The third-order valence-corrected chi connectivity index (χ3v) is 5.64. The SMILES string of the molecule is CC(C)(C)OC(=O)Nc1nccc2nc(-c3c(F)cc(C#N)cc3Cl)sc12.Cc1ccccc1. The maximum absolute atomic E-state index is 14.4. The largest absolute Gasteiger partial charge is 0.444 e. The summed E-state index contributed by atoms with van der Waals surface area (Å²) in [6.45, 7) is 7.34. The van der Waals surface area contributed by atoms with Crippen LogP contribution in [0.1, 0.15) is 31.9 Å². The molecule has 4 aromatic rings. The molecule has 0 unspecified atom stereocenters. The molecule has 0 fully saturated rings.